The number of amides is 1. The summed E-state index contributed by atoms with van der Waals surface area (Å²) in [4.78, 5) is 16.8. The van der Waals surface area contributed by atoms with Crippen LogP contribution in [-0.2, 0) is 14.8 Å². The minimum absolute atomic E-state index is 0.00571. The van der Waals surface area contributed by atoms with E-state index >= 15 is 0 Å². The molecule has 0 radical (unpaired) electrons. The Kier molecular flexibility index (Phi) is 6.85. The van der Waals surface area contributed by atoms with E-state index in [0.717, 1.165) is 12.8 Å². The topological polar surface area (TPSA) is 84.3 Å². The molecule has 0 unspecified atom stereocenters. The first-order valence-corrected chi connectivity index (χ1v) is 12.7. The van der Waals surface area contributed by atoms with E-state index in [0.29, 0.717) is 23.9 Å². The Labute approximate surface area is 194 Å². The van der Waals surface area contributed by atoms with Crippen LogP contribution in [0.5, 0.6) is 0 Å². The molecule has 7 nitrogen and oxygen atoms in total. The number of hydrogen-bond acceptors (Lipinski definition) is 5. The maximum absolute atomic E-state index is 13.5. The number of hydrogen-bond donors (Lipinski definition) is 1. The zero-order valence-electron chi connectivity index (χ0n) is 16.9. The fraction of sp³-hybridized carbons (Fsp3) is 0.238. The lowest BCUT2D eigenvalue weighted by molar-refractivity contribution is -0.113. The molecule has 32 heavy (non-hydrogen) atoms. The number of nitrogens with one attached hydrogen (secondary N) is 1. The normalized spacial score (nSPS) is 14.6. The van der Waals surface area contributed by atoms with Crippen LogP contribution in [0.25, 0.3) is 5.69 Å². The molecule has 0 atom stereocenters. The highest BCUT2D eigenvalue weighted by Crippen LogP contribution is 2.29. The van der Waals surface area contributed by atoms with Crippen molar-refractivity contribution in [3.05, 3.63) is 65.7 Å². The quantitative estimate of drug-likeness (QED) is 0.498. The van der Waals surface area contributed by atoms with Crippen molar-refractivity contribution in [3.8, 4) is 5.69 Å². The smallest absolute Gasteiger partial charge is 0.243 e. The summed E-state index contributed by atoms with van der Waals surface area (Å²) >= 11 is 7.35. The number of anilines is 1. The minimum Gasteiger partial charge on any atom is -0.324 e. The summed E-state index contributed by atoms with van der Waals surface area (Å²) in [5.41, 5.74) is 0.819. The van der Waals surface area contributed by atoms with Gasteiger partial charge in [-0.05, 0) is 49.2 Å². The van der Waals surface area contributed by atoms with Crippen LogP contribution in [0.1, 0.15) is 12.8 Å². The summed E-state index contributed by atoms with van der Waals surface area (Å²) in [6, 6.07) is 10.3. The number of aromatic nitrogens is 2. The largest absolute Gasteiger partial charge is 0.324 e. The first-order chi connectivity index (χ1) is 15.3. The molecule has 3 aromatic rings. The van der Waals surface area contributed by atoms with E-state index in [9.17, 15) is 17.6 Å². The Morgan fingerprint density at radius 1 is 1.19 bits per heavy atom. The molecule has 1 aromatic heterocycles. The van der Waals surface area contributed by atoms with E-state index in [1.54, 1.807) is 29.1 Å². The van der Waals surface area contributed by atoms with Gasteiger partial charge in [-0.1, -0.05) is 29.4 Å². The summed E-state index contributed by atoms with van der Waals surface area (Å²) in [5, 5.41) is 3.43. The van der Waals surface area contributed by atoms with E-state index in [-0.39, 0.29) is 33.1 Å². The van der Waals surface area contributed by atoms with Gasteiger partial charge in [-0.15, -0.1) is 0 Å². The van der Waals surface area contributed by atoms with Gasteiger partial charge in [0.2, 0.25) is 15.9 Å². The number of sulfonamides is 1. The van der Waals surface area contributed by atoms with E-state index < -0.39 is 10.0 Å². The summed E-state index contributed by atoms with van der Waals surface area (Å²) in [7, 11) is -3.63. The summed E-state index contributed by atoms with van der Waals surface area (Å²) in [5.74, 6) is -0.740. The minimum atomic E-state index is -3.63. The molecule has 1 amide bonds. The van der Waals surface area contributed by atoms with Gasteiger partial charge < -0.3 is 5.32 Å². The van der Waals surface area contributed by atoms with E-state index in [1.165, 1.54) is 46.4 Å². The Bertz CT molecular complexity index is 1240. The van der Waals surface area contributed by atoms with E-state index in [4.69, 9.17) is 11.6 Å². The van der Waals surface area contributed by atoms with Crippen molar-refractivity contribution >= 4 is 45.0 Å². The Hall–Kier alpha value is -2.40. The predicted octanol–water partition coefficient (Wildman–Crippen LogP) is 4.18. The molecule has 11 heteroatoms. The van der Waals surface area contributed by atoms with Crippen LogP contribution in [0.4, 0.5) is 10.1 Å². The molecule has 1 aliphatic rings. The zero-order chi connectivity index (χ0) is 22.7. The zero-order valence-corrected chi connectivity index (χ0v) is 19.3. The van der Waals surface area contributed by atoms with Crippen LogP contribution in [0.15, 0.2) is 64.9 Å². The van der Waals surface area contributed by atoms with Gasteiger partial charge in [0.05, 0.1) is 27.0 Å². The van der Waals surface area contributed by atoms with Gasteiger partial charge in [-0.3, -0.25) is 9.36 Å². The SMILES string of the molecule is O=C(CSc1nccn1-c1cccc(F)c1)Nc1cc(S(=O)(=O)N2CCCC2)ccc1Cl. The molecule has 4 rings (SSSR count). The van der Waals surface area contributed by atoms with Crippen LogP contribution in [0.2, 0.25) is 5.02 Å². The summed E-state index contributed by atoms with van der Waals surface area (Å²) < 4.78 is 42.2. The van der Waals surface area contributed by atoms with Crippen molar-refractivity contribution in [2.24, 2.45) is 0 Å². The Morgan fingerprint density at radius 2 is 1.97 bits per heavy atom. The third-order valence-corrected chi connectivity index (χ3v) is 8.13. The fourth-order valence-electron chi connectivity index (χ4n) is 3.37. The average molecular weight is 495 g/mol. The molecule has 0 aliphatic carbocycles. The highest BCUT2D eigenvalue weighted by atomic mass is 35.5. The molecule has 1 saturated heterocycles. The molecule has 168 valence electrons. The number of carbonyl (C=O) groups is 1. The van der Waals surface area contributed by atoms with Gasteiger partial charge in [-0.2, -0.15) is 4.31 Å². The van der Waals surface area contributed by atoms with Gasteiger partial charge in [0.15, 0.2) is 5.16 Å². The molecule has 1 aliphatic heterocycles. The molecule has 1 fully saturated rings. The molecule has 0 saturated carbocycles. The Balaban J connectivity index is 1.45. The Morgan fingerprint density at radius 3 is 2.72 bits per heavy atom. The van der Waals surface area contributed by atoms with Crippen molar-refractivity contribution in [2.45, 2.75) is 22.9 Å². The number of rotatable bonds is 7. The molecule has 0 spiro atoms. The summed E-state index contributed by atoms with van der Waals surface area (Å²) in [6.45, 7) is 0.975. The lowest BCUT2D eigenvalue weighted by atomic mass is 10.3. The van der Waals surface area contributed by atoms with Crippen molar-refractivity contribution in [2.75, 3.05) is 24.2 Å². The van der Waals surface area contributed by atoms with Gasteiger partial charge in [-0.25, -0.2) is 17.8 Å². The van der Waals surface area contributed by atoms with Crippen LogP contribution in [0.3, 0.4) is 0 Å². The second kappa shape index (κ2) is 9.62. The maximum Gasteiger partial charge on any atom is 0.243 e. The molecular formula is C21H20ClFN4O3S2. The third kappa shape index (κ3) is 4.98. The lowest BCUT2D eigenvalue weighted by Crippen LogP contribution is -2.28. The third-order valence-electron chi connectivity index (χ3n) is 4.94. The second-order valence-electron chi connectivity index (χ2n) is 7.15. The number of carbonyl (C=O) groups excluding carboxylic acids is 1. The van der Waals surface area contributed by atoms with Crippen LogP contribution < -0.4 is 5.32 Å². The second-order valence-corrected chi connectivity index (χ2v) is 10.4. The fourth-order valence-corrected chi connectivity index (χ4v) is 5.86. The average Bonchev–Trinajstić information content (AvgIpc) is 3.46. The predicted molar refractivity (Wildman–Crippen MR) is 122 cm³/mol. The summed E-state index contributed by atoms with van der Waals surface area (Å²) in [6.07, 6.45) is 4.91. The number of benzene rings is 2. The first kappa shape index (κ1) is 22.8. The van der Waals surface area contributed by atoms with Crippen molar-refractivity contribution < 1.29 is 17.6 Å². The molecule has 2 heterocycles. The number of halogens is 2. The van der Waals surface area contributed by atoms with E-state index in [1.807, 2.05) is 0 Å². The van der Waals surface area contributed by atoms with Crippen molar-refractivity contribution in [3.63, 3.8) is 0 Å². The lowest BCUT2D eigenvalue weighted by Gasteiger charge is -2.16. The van der Waals surface area contributed by atoms with Gasteiger partial charge in [0.25, 0.3) is 0 Å². The maximum atomic E-state index is 13.5. The van der Waals surface area contributed by atoms with Gasteiger partial charge in [0, 0.05) is 25.5 Å². The van der Waals surface area contributed by atoms with Crippen LogP contribution >= 0.6 is 23.4 Å². The number of thioether (sulfide) groups is 1. The van der Waals surface area contributed by atoms with Gasteiger partial charge >= 0.3 is 0 Å². The number of imidazole rings is 1. The van der Waals surface area contributed by atoms with Gasteiger partial charge in [0.1, 0.15) is 5.82 Å². The monoisotopic (exact) mass is 494 g/mol. The number of nitrogens with zero attached hydrogens (tertiary/aromatic N) is 3. The van der Waals surface area contributed by atoms with Crippen LogP contribution in [0, 0.1) is 5.82 Å². The molecular weight excluding hydrogens is 475 g/mol. The first-order valence-electron chi connectivity index (χ1n) is 9.86. The molecule has 2 aromatic carbocycles. The van der Waals surface area contributed by atoms with E-state index in [2.05, 4.69) is 10.3 Å². The van der Waals surface area contributed by atoms with Crippen molar-refractivity contribution in [1.82, 2.24) is 13.9 Å². The molecule has 0 bridgehead atoms. The van der Waals surface area contributed by atoms with Crippen molar-refractivity contribution in [1.29, 1.82) is 0 Å². The standard InChI is InChI=1S/C21H20ClFN4O3S2/c22-18-7-6-17(32(29,30)26-9-1-2-10-26)13-19(18)25-20(28)14-31-21-24-8-11-27(21)16-5-3-4-15(23)12-16/h3-8,11-13H,1-2,9-10,14H2,(H,25,28). The highest BCUT2D eigenvalue weighted by molar-refractivity contribution is 7.99. The van der Waals surface area contributed by atoms with Crippen LogP contribution in [-0.4, -0.2) is 47.0 Å². The molecule has 1 N–H and O–H groups in total. The highest BCUT2D eigenvalue weighted by Gasteiger charge is 2.27.